The van der Waals surface area contributed by atoms with Gasteiger partial charge in [0.05, 0.1) is 22.7 Å². The summed E-state index contributed by atoms with van der Waals surface area (Å²) in [5.74, 6) is 0. The Labute approximate surface area is 100 Å². The van der Waals surface area contributed by atoms with Gasteiger partial charge in [0.2, 0.25) is 0 Å². The van der Waals surface area contributed by atoms with E-state index in [9.17, 15) is 0 Å². The highest BCUT2D eigenvalue weighted by Gasteiger charge is 2.03. The van der Waals surface area contributed by atoms with E-state index in [1.54, 1.807) is 6.07 Å². The van der Waals surface area contributed by atoms with Gasteiger partial charge in [0.1, 0.15) is 0 Å². The van der Waals surface area contributed by atoms with Crippen molar-refractivity contribution in [1.82, 2.24) is 0 Å². The predicted molar refractivity (Wildman–Crippen MR) is 74.7 cm³/mol. The number of nitrogens with one attached hydrogen (secondary N) is 1. The molecule has 88 valence electrons. The summed E-state index contributed by atoms with van der Waals surface area (Å²) in [5.41, 5.74) is 22.2. The molecule has 7 N–H and O–H groups in total. The standard InChI is InChI=1S/C13H16N4/c1-17-13-7-9(3-5-11(13)15)8-2-4-10(14)12(16)6-8/h2-7,17H,14-16H2,1H3. The summed E-state index contributed by atoms with van der Waals surface area (Å²) in [6.45, 7) is 0. The highest BCUT2D eigenvalue weighted by Crippen LogP contribution is 2.29. The van der Waals surface area contributed by atoms with Crippen LogP contribution in [0.25, 0.3) is 11.1 Å². The van der Waals surface area contributed by atoms with Gasteiger partial charge in [-0.2, -0.15) is 0 Å². The Balaban J connectivity index is 2.49. The summed E-state index contributed by atoms with van der Waals surface area (Å²) < 4.78 is 0. The van der Waals surface area contributed by atoms with Gasteiger partial charge >= 0.3 is 0 Å². The molecule has 0 saturated carbocycles. The molecular formula is C13H16N4. The lowest BCUT2D eigenvalue weighted by Crippen LogP contribution is -1.97. The molecule has 0 heterocycles. The van der Waals surface area contributed by atoms with Crippen LogP contribution < -0.4 is 22.5 Å². The van der Waals surface area contributed by atoms with E-state index in [0.29, 0.717) is 11.4 Å². The lowest BCUT2D eigenvalue weighted by atomic mass is 10.0. The summed E-state index contributed by atoms with van der Waals surface area (Å²) in [5, 5.41) is 3.05. The van der Waals surface area contributed by atoms with Gasteiger partial charge in [-0.05, 0) is 35.4 Å². The summed E-state index contributed by atoms with van der Waals surface area (Å²) in [6.07, 6.45) is 0. The topological polar surface area (TPSA) is 90.1 Å². The van der Waals surface area contributed by atoms with Crippen molar-refractivity contribution >= 4 is 22.7 Å². The predicted octanol–water partition coefficient (Wildman–Crippen LogP) is 2.14. The first-order valence-electron chi connectivity index (χ1n) is 5.34. The Morgan fingerprint density at radius 1 is 0.765 bits per heavy atom. The lowest BCUT2D eigenvalue weighted by molar-refractivity contribution is 1.50. The van der Waals surface area contributed by atoms with Crippen LogP contribution in [-0.2, 0) is 0 Å². The first-order valence-corrected chi connectivity index (χ1v) is 5.34. The van der Waals surface area contributed by atoms with Crippen molar-refractivity contribution in [3.63, 3.8) is 0 Å². The van der Waals surface area contributed by atoms with Crippen molar-refractivity contribution in [2.75, 3.05) is 29.6 Å². The van der Waals surface area contributed by atoms with Crippen LogP contribution in [0.1, 0.15) is 0 Å². The second-order valence-corrected chi connectivity index (χ2v) is 3.90. The zero-order valence-electron chi connectivity index (χ0n) is 9.70. The average Bonchev–Trinajstić information content (AvgIpc) is 2.33. The van der Waals surface area contributed by atoms with Gasteiger partial charge in [0, 0.05) is 7.05 Å². The zero-order valence-corrected chi connectivity index (χ0v) is 9.70. The van der Waals surface area contributed by atoms with E-state index >= 15 is 0 Å². The minimum atomic E-state index is 0.588. The molecule has 0 saturated heterocycles. The van der Waals surface area contributed by atoms with Crippen molar-refractivity contribution in [3.8, 4) is 11.1 Å². The third-order valence-corrected chi connectivity index (χ3v) is 2.74. The van der Waals surface area contributed by atoms with E-state index in [0.717, 1.165) is 22.5 Å². The molecule has 0 aliphatic carbocycles. The molecule has 2 rings (SSSR count). The van der Waals surface area contributed by atoms with E-state index in [1.807, 2.05) is 37.4 Å². The molecule has 2 aromatic rings. The summed E-state index contributed by atoms with van der Waals surface area (Å²) in [6, 6.07) is 11.4. The molecule has 0 radical (unpaired) electrons. The van der Waals surface area contributed by atoms with Crippen LogP contribution in [0.4, 0.5) is 22.7 Å². The van der Waals surface area contributed by atoms with Crippen LogP contribution in [0.5, 0.6) is 0 Å². The fourth-order valence-electron chi connectivity index (χ4n) is 1.71. The van der Waals surface area contributed by atoms with Gasteiger partial charge in [-0.25, -0.2) is 0 Å². The molecule has 0 amide bonds. The normalized spacial score (nSPS) is 10.2. The van der Waals surface area contributed by atoms with Crippen LogP contribution in [0, 0.1) is 0 Å². The number of benzene rings is 2. The molecule has 0 fully saturated rings. The van der Waals surface area contributed by atoms with Crippen LogP contribution in [0.3, 0.4) is 0 Å². The van der Waals surface area contributed by atoms with Crippen LogP contribution >= 0.6 is 0 Å². The number of anilines is 4. The van der Waals surface area contributed by atoms with Gasteiger partial charge in [-0.1, -0.05) is 12.1 Å². The van der Waals surface area contributed by atoms with Gasteiger partial charge in [-0.15, -0.1) is 0 Å². The zero-order chi connectivity index (χ0) is 12.4. The van der Waals surface area contributed by atoms with Crippen LogP contribution in [0.15, 0.2) is 36.4 Å². The minimum Gasteiger partial charge on any atom is -0.397 e. The van der Waals surface area contributed by atoms with Crippen molar-refractivity contribution in [2.24, 2.45) is 0 Å². The molecule has 4 nitrogen and oxygen atoms in total. The molecule has 0 aliphatic heterocycles. The fraction of sp³-hybridized carbons (Fsp3) is 0.0769. The van der Waals surface area contributed by atoms with Gasteiger partial charge in [0.15, 0.2) is 0 Å². The summed E-state index contributed by atoms with van der Waals surface area (Å²) >= 11 is 0. The maximum Gasteiger partial charge on any atom is 0.0577 e. The van der Waals surface area contributed by atoms with Gasteiger partial charge in [-0.3, -0.25) is 0 Å². The van der Waals surface area contributed by atoms with E-state index < -0.39 is 0 Å². The number of nitrogens with two attached hydrogens (primary N) is 3. The van der Waals surface area contributed by atoms with Crippen molar-refractivity contribution < 1.29 is 0 Å². The second kappa shape index (κ2) is 4.25. The maximum atomic E-state index is 5.82. The van der Waals surface area contributed by atoms with Crippen LogP contribution in [-0.4, -0.2) is 7.05 Å². The fourth-order valence-corrected chi connectivity index (χ4v) is 1.71. The molecule has 4 heteroatoms. The first kappa shape index (κ1) is 11.1. The highest BCUT2D eigenvalue weighted by atomic mass is 14.8. The SMILES string of the molecule is CNc1cc(-c2ccc(N)c(N)c2)ccc1N. The average molecular weight is 228 g/mol. The number of rotatable bonds is 2. The lowest BCUT2D eigenvalue weighted by Gasteiger charge is -2.09. The monoisotopic (exact) mass is 228 g/mol. The number of hydrogen-bond acceptors (Lipinski definition) is 4. The van der Waals surface area contributed by atoms with Crippen molar-refractivity contribution in [3.05, 3.63) is 36.4 Å². The second-order valence-electron chi connectivity index (χ2n) is 3.90. The highest BCUT2D eigenvalue weighted by molar-refractivity contribution is 5.79. The molecule has 0 aliphatic rings. The Morgan fingerprint density at radius 2 is 1.35 bits per heavy atom. The third kappa shape index (κ3) is 2.10. The van der Waals surface area contributed by atoms with Gasteiger partial charge in [0.25, 0.3) is 0 Å². The third-order valence-electron chi connectivity index (χ3n) is 2.74. The number of hydrogen-bond donors (Lipinski definition) is 4. The molecule has 17 heavy (non-hydrogen) atoms. The quantitative estimate of drug-likeness (QED) is 0.593. The molecule has 0 unspecified atom stereocenters. The minimum absolute atomic E-state index is 0.588. The largest absolute Gasteiger partial charge is 0.397 e. The smallest absolute Gasteiger partial charge is 0.0577 e. The molecule has 0 atom stereocenters. The number of nitrogen functional groups attached to an aromatic ring is 3. The van der Waals surface area contributed by atoms with E-state index in [4.69, 9.17) is 17.2 Å². The molecule has 0 bridgehead atoms. The van der Waals surface area contributed by atoms with Crippen molar-refractivity contribution in [2.45, 2.75) is 0 Å². The summed E-state index contributed by atoms with van der Waals surface area (Å²) in [7, 11) is 1.84. The van der Waals surface area contributed by atoms with E-state index in [2.05, 4.69) is 5.32 Å². The molecular weight excluding hydrogens is 212 g/mol. The molecule has 2 aromatic carbocycles. The van der Waals surface area contributed by atoms with Gasteiger partial charge < -0.3 is 22.5 Å². The van der Waals surface area contributed by atoms with Crippen LogP contribution in [0.2, 0.25) is 0 Å². The Kier molecular flexibility index (Phi) is 2.78. The Hall–Kier alpha value is -2.36. The molecule has 0 aromatic heterocycles. The summed E-state index contributed by atoms with van der Waals surface area (Å²) in [4.78, 5) is 0. The maximum absolute atomic E-state index is 5.82. The Morgan fingerprint density at radius 3 is 1.94 bits per heavy atom. The first-order chi connectivity index (χ1) is 8.11. The molecule has 0 spiro atoms. The Bertz CT molecular complexity index is 549. The van der Waals surface area contributed by atoms with Crippen molar-refractivity contribution in [1.29, 1.82) is 0 Å². The van der Waals surface area contributed by atoms with E-state index in [-0.39, 0.29) is 0 Å². The van der Waals surface area contributed by atoms with E-state index in [1.165, 1.54) is 0 Å².